The van der Waals surface area contributed by atoms with E-state index in [1.54, 1.807) is 0 Å². The summed E-state index contributed by atoms with van der Waals surface area (Å²) in [6, 6.07) is 0. The molecule has 1 aliphatic heterocycles. The maximum Gasteiger partial charge on any atom is 0.303 e. The molecule has 0 spiro atoms. The van der Waals surface area contributed by atoms with Gasteiger partial charge in [0.1, 0.15) is 29.9 Å². The zero-order valence-electron chi connectivity index (χ0n) is 11.5. The number of rotatable bonds is 4. The molecule has 20 heavy (non-hydrogen) atoms. The first kappa shape index (κ1) is 16.9. The van der Waals surface area contributed by atoms with Crippen molar-refractivity contribution in [3.05, 3.63) is 0 Å². The summed E-state index contributed by atoms with van der Waals surface area (Å²) in [6.07, 6.45) is -1.57. The van der Waals surface area contributed by atoms with Gasteiger partial charge in [-0.2, -0.15) is 0 Å². The predicted octanol–water partition coefficient (Wildman–Crippen LogP) is 0.923. The summed E-state index contributed by atoms with van der Waals surface area (Å²) in [6.45, 7) is 3.79. The Morgan fingerprint density at radius 2 is 1.60 bits per heavy atom. The van der Waals surface area contributed by atoms with Crippen molar-refractivity contribution in [2.75, 3.05) is 6.61 Å². The Bertz CT molecular complexity index is 384. The second kappa shape index (κ2) is 7.58. The van der Waals surface area contributed by atoms with E-state index in [9.17, 15) is 14.4 Å². The molecule has 0 bridgehead atoms. The van der Waals surface area contributed by atoms with E-state index in [1.807, 2.05) is 0 Å². The van der Waals surface area contributed by atoms with Crippen LogP contribution >= 0.6 is 15.9 Å². The van der Waals surface area contributed by atoms with Crippen molar-refractivity contribution in [1.29, 1.82) is 0 Å². The normalized spacial score (nSPS) is 29.4. The second-order valence-electron chi connectivity index (χ2n) is 4.36. The summed E-state index contributed by atoms with van der Waals surface area (Å²) in [4.78, 5) is 32.9. The van der Waals surface area contributed by atoms with Gasteiger partial charge in [-0.15, -0.1) is 0 Å². The van der Waals surface area contributed by atoms with E-state index < -0.39 is 41.2 Å². The molecular formula is C12H17BrO7. The summed E-state index contributed by atoms with van der Waals surface area (Å²) in [5.74, 6) is -1.40. The maximum absolute atomic E-state index is 11.1. The number of alkyl halides is 1. The second-order valence-corrected chi connectivity index (χ2v) is 5.26. The molecule has 114 valence electrons. The van der Waals surface area contributed by atoms with Crippen molar-refractivity contribution in [1.82, 2.24) is 0 Å². The van der Waals surface area contributed by atoms with Gasteiger partial charge in [-0.3, -0.25) is 14.4 Å². The lowest BCUT2D eigenvalue weighted by Crippen LogP contribution is -2.50. The Balaban J connectivity index is 2.70. The summed E-state index contributed by atoms with van der Waals surface area (Å²) in [7, 11) is 0. The van der Waals surface area contributed by atoms with Crippen LogP contribution in [0.1, 0.15) is 27.2 Å². The molecular weight excluding hydrogens is 336 g/mol. The van der Waals surface area contributed by atoms with Crippen LogP contribution in [-0.4, -0.2) is 47.8 Å². The van der Waals surface area contributed by atoms with Crippen molar-refractivity contribution in [2.24, 2.45) is 0 Å². The van der Waals surface area contributed by atoms with Crippen LogP contribution < -0.4 is 0 Å². The number of hydrogen-bond donors (Lipinski definition) is 0. The molecule has 0 unspecified atom stereocenters. The average Bonchev–Trinajstić information content (AvgIpc) is 2.29. The standard InChI is InChI=1S/C12H17BrO7/c1-6(14)17-5-11-9(18-7(2)15)4-10(12(13)20-11)19-8(3)16/h9-12H,4-5H2,1-3H3/t9-,10+,11+,12-/m0/s1. The molecule has 7 nitrogen and oxygen atoms in total. The lowest BCUT2D eigenvalue weighted by molar-refractivity contribution is -0.194. The third kappa shape index (κ3) is 5.46. The van der Waals surface area contributed by atoms with Gasteiger partial charge < -0.3 is 18.9 Å². The van der Waals surface area contributed by atoms with E-state index in [4.69, 9.17) is 18.9 Å². The fourth-order valence-corrected chi connectivity index (χ4v) is 2.43. The first-order valence-electron chi connectivity index (χ1n) is 6.07. The molecule has 1 rings (SSSR count). The van der Waals surface area contributed by atoms with Gasteiger partial charge in [-0.1, -0.05) is 15.9 Å². The Morgan fingerprint density at radius 1 is 1.05 bits per heavy atom. The van der Waals surface area contributed by atoms with E-state index in [0.717, 1.165) is 0 Å². The van der Waals surface area contributed by atoms with Gasteiger partial charge in [0.25, 0.3) is 0 Å². The summed E-state index contributed by atoms with van der Waals surface area (Å²) in [5.41, 5.74) is 0. The van der Waals surface area contributed by atoms with Crippen molar-refractivity contribution in [2.45, 2.75) is 50.5 Å². The number of esters is 3. The summed E-state index contributed by atoms with van der Waals surface area (Å²) >= 11 is 3.24. The van der Waals surface area contributed by atoms with Crippen molar-refractivity contribution in [3.8, 4) is 0 Å². The molecule has 0 aromatic carbocycles. The maximum atomic E-state index is 11.1. The Morgan fingerprint density at radius 3 is 2.10 bits per heavy atom. The smallest absolute Gasteiger partial charge is 0.303 e. The minimum atomic E-state index is -0.648. The molecule has 0 radical (unpaired) electrons. The minimum absolute atomic E-state index is 0.0395. The molecule has 0 amide bonds. The molecule has 1 aliphatic rings. The van der Waals surface area contributed by atoms with Crippen LogP contribution in [0.25, 0.3) is 0 Å². The fraction of sp³-hybridized carbons (Fsp3) is 0.750. The van der Waals surface area contributed by atoms with E-state index >= 15 is 0 Å². The highest BCUT2D eigenvalue weighted by Crippen LogP contribution is 2.28. The van der Waals surface area contributed by atoms with Crippen LogP contribution in [0, 0.1) is 0 Å². The molecule has 0 N–H and O–H groups in total. The average molecular weight is 353 g/mol. The van der Waals surface area contributed by atoms with Gasteiger partial charge in [-0.25, -0.2) is 0 Å². The van der Waals surface area contributed by atoms with Crippen molar-refractivity contribution in [3.63, 3.8) is 0 Å². The highest BCUT2D eigenvalue weighted by atomic mass is 79.9. The van der Waals surface area contributed by atoms with Crippen molar-refractivity contribution < 1.29 is 33.3 Å². The van der Waals surface area contributed by atoms with Crippen LogP contribution in [0.4, 0.5) is 0 Å². The number of ether oxygens (including phenoxy) is 4. The van der Waals surface area contributed by atoms with Gasteiger partial charge in [0, 0.05) is 27.2 Å². The topological polar surface area (TPSA) is 88.1 Å². The van der Waals surface area contributed by atoms with Gasteiger partial charge in [0.15, 0.2) is 0 Å². The molecule has 1 fully saturated rings. The van der Waals surface area contributed by atoms with Gasteiger partial charge in [0.2, 0.25) is 0 Å². The van der Waals surface area contributed by atoms with E-state index in [2.05, 4.69) is 15.9 Å². The highest BCUT2D eigenvalue weighted by Gasteiger charge is 2.41. The van der Waals surface area contributed by atoms with E-state index in [1.165, 1.54) is 20.8 Å². The van der Waals surface area contributed by atoms with Crippen molar-refractivity contribution >= 4 is 33.8 Å². The van der Waals surface area contributed by atoms with Crippen LogP contribution in [-0.2, 0) is 33.3 Å². The van der Waals surface area contributed by atoms with Gasteiger partial charge in [0.05, 0.1) is 0 Å². The SMILES string of the molecule is CC(=O)OC[C@H]1O[C@H](Br)[C@H](OC(C)=O)C[C@@H]1OC(C)=O. The molecule has 0 aliphatic carbocycles. The first-order valence-corrected chi connectivity index (χ1v) is 6.98. The third-order valence-corrected chi connectivity index (χ3v) is 3.37. The highest BCUT2D eigenvalue weighted by molar-refractivity contribution is 9.09. The fourth-order valence-electron chi connectivity index (χ4n) is 1.83. The summed E-state index contributed by atoms with van der Waals surface area (Å²) in [5, 5.41) is -0.557. The Hall–Kier alpha value is -1.15. The largest absolute Gasteiger partial charge is 0.463 e. The minimum Gasteiger partial charge on any atom is -0.463 e. The molecule has 0 aromatic rings. The number of hydrogen-bond acceptors (Lipinski definition) is 7. The van der Waals surface area contributed by atoms with Crippen LogP contribution in [0.3, 0.4) is 0 Å². The third-order valence-electron chi connectivity index (χ3n) is 2.56. The van der Waals surface area contributed by atoms with Crippen LogP contribution in [0.5, 0.6) is 0 Å². The van der Waals surface area contributed by atoms with E-state index in [0.29, 0.717) is 0 Å². The van der Waals surface area contributed by atoms with E-state index in [-0.39, 0.29) is 13.0 Å². The zero-order chi connectivity index (χ0) is 15.3. The molecule has 8 heteroatoms. The number of carbonyl (C=O) groups is 3. The lowest BCUT2D eigenvalue weighted by atomic mass is 10.0. The molecule has 0 saturated carbocycles. The zero-order valence-corrected chi connectivity index (χ0v) is 13.0. The predicted molar refractivity (Wildman–Crippen MR) is 69.9 cm³/mol. The molecule has 1 saturated heterocycles. The first-order chi connectivity index (χ1) is 9.29. The number of halogens is 1. The Kier molecular flexibility index (Phi) is 6.41. The summed E-state index contributed by atoms with van der Waals surface area (Å²) < 4.78 is 20.6. The molecule has 1 heterocycles. The molecule has 4 atom stereocenters. The lowest BCUT2D eigenvalue weighted by Gasteiger charge is -2.37. The van der Waals surface area contributed by atoms with Gasteiger partial charge in [-0.05, 0) is 0 Å². The number of carbonyl (C=O) groups excluding carboxylic acids is 3. The van der Waals surface area contributed by atoms with Crippen LogP contribution in [0.2, 0.25) is 0 Å². The van der Waals surface area contributed by atoms with Gasteiger partial charge >= 0.3 is 17.9 Å². The quantitative estimate of drug-likeness (QED) is 0.422. The molecule has 0 aromatic heterocycles. The Labute approximate surface area is 125 Å². The monoisotopic (exact) mass is 352 g/mol. The van der Waals surface area contributed by atoms with Crippen LogP contribution in [0.15, 0.2) is 0 Å².